The van der Waals surface area contributed by atoms with E-state index in [1.54, 1.807) is 0 Å². The first-order valence-corrected chi connectivity index (χ1v) is 15.7. The molecule has 0 saturated carbocycles. The Morgan fingerprint density at radius 2 is 1.65 bits per heavy atom. The molecule has 3 aliphatic rings. The third-order valence-corrected chi connectivity index (χ3v) is 8.43. The van der Waals surface area contributed by atoms with Gasteiger partial charge in [0.25, 0.3) is 5.79 Å². The number of hydrogen-bond donors (Lipinski definition) is 12. The van der Waals surface area contributed by atoms with Crippen LogP contribution in [0.2, 0.25) is 0 Å². The van der Waals surface area contributed by atoms with E-state index in [1.807, 2.05) is 0 Å². The van der Waals surface area contributed by atoms with Gasteiger partial charge < -0.3 is 94.6 Å². The lowest BCUT2D eigenvalue weighted by Crippen LogP contribution is -2.71. The van der Waals surface area contributed by atoms with E-state index in [0.29, 0.717) is 0 Å². The first-order valence-electron chi connectivity index (χ1n) is 15.7. The maximum Gasteiger partial charge on any atom is 0.364 e. The number of azide groups is 1. The third-order valence-electron chi connectivity index (χ3n) is 8.43. The Morgan fingerprint density at radius 1 is 0.980 bits per heavy atom. The molecule has 3 saturated heterocycles. The lowest BCUT2D eigenvalue weighted by molar-refractivity contribution is -0.386. The Morgan fingerprint density at radius 3 is 2.24 bits per heavy atom. The zero-order valence-electron chi connectivity index (χ0n) is 27.3. The number of carbonyl (C=O) groups is 2. The molecule has 3 heterocycles. The highest BCUT2D eigenvalue weighted by Gasteiger charge is 2.60. The van der Waals surface area contributed by atoms with Crippen LogP contribution in [0, 0.1) is 0 Å². The maximum absolute atomic E-state index is 12.7. The van der Waals surface area contributed by atoms with Gasteiger partial charge in [-0.05, 0) is 12.0 Å². The largest absolute Gasteiger partial charge is 0.477 e. The van der Waals surface area contributed by atoms with Crippen molar-refractivity contribution in [3.8, 4) is 0 Å². The van der Waals surface area contributed by atoms with Gasteiger partial charge in [-0.15, -0.1) is 0 Å². The van der Waals surface area contributed by atoms with Crippen molar-refractivity contribution < 1.29 is 98.9 Å². The van der Waals surface area contributed by atoms with E-state index < -0.39 is 142 Å². The number of aliphatic hydroxyl groups is 10. The molecule has 3 fully saturated rings. The van der Waals surface area contributed by atoms with Crippen molar-refractivity contribution in [1.29, 1.82) is 0 Å². The van der Waals surface area contributed by atoms with E-state index >= 15 is 0 Å². The molecular formula is C27H46N4O20. The summed E-state index contributed by atoms with van der Waals surface area (Å²) in [5.41, 5.74) is 8.37. The Balaban J connectivity index is 1.88. The van der Waals surface area contributed by atoms with Gasteiger partial charge in [-0.3, -0.25) is 4.79 Å². The lowest BCUT2D eigenvalue weighted by Gasteiger charge is -2.50. The molecular weight excluding hydrogens is 700 g/mol. The zero-order valence-corrected chi connectivity index (χ0v) is 27.3. The maximum atomic E-state index is 12.7. The molecule has 51 heavy (non-hydrogen) atoms. The van der Waals surface area contributed by atoms with E-state index in [-0.39, 0.29) is 19.6 Å². The van der Waals surface area contributed by atoms with Gasteiger partial charge >= 0.3 is 5.97 Å². The fraction of sp³-hybridized carbons (Fsp3) is 0.926. The van der Waals surface area contributed by atoms with E-state index in [9.17, 15) is 65.8 Å². The van der Waals surface area contributed by atoms with Crippen molar-refractivity contribution >= 4 is 11.9 Å². The van der Waals surface area contributed by atoms with Crippen LogP contribution in [0.15, 0.2) is 5.11 Å². The Kier molecular flexibility index (Phi) is 16.5. The highest BCUT2D eigenvalue weighted by molar-refractivity contribution is 5.78. The second kappa shape index (κ2) is 19.6. The number of carboxylic acids is 1. The molecule has 24 nitrogen and oxygen atoms in total. The smallest absolute Gasteiger partial charge is 0.364 e. The number of carbonyl (C=O) groups excluding carboxylic acids is 1. The number of rotatable bonds is 18. The van der Waals surface area contributed by atoms with Gasteiger partial charge in [-0.1, -0.05) is 5.11 Å². The van der Waals surface area contributed by atoms with Gasteiger partial charge in [0.2, 0.25) is 5.91 Å². The minimum absolute atomic E-state index is 0.0552. The summed E-state index contributed by atoms with van der Waals surface area (Å²) in [6.07, 6.45) is -27.4. The van der Waals surface area contributed by atoms with Crippen molar-refractivity contribution in [2.45, 2.75) is 110 Å². The minimum atomic E-state index is -3.07. The molecule has 3 rings (SSSR count). The zero-order chi connectivity index (χ0) is 38.0. The van der Waals surface area contributed by atoms with E-state index in [1.165, 1.54) is 7.11 Å². The normalized spacial score (nSPS) is 39.8. The van der Waals surface area contributed by atoms with Crippen molar-refractivity contribution in [2.75, 3.05) is 46.7 Å². The average molecular weight is 747 g/mol. The topological polar surface area (TPSA) is 382 Å². The van der Waals surface area contributed by atoms with Crippen LogP contribution in [0.4, 0.5) is 0 Å². The Bertz CT molecular complexity index is 1170. The number of ether oxygens (including phenoxy) is 7. The first kappa shape index (κ1) is 43.0. The molecule has 0 aliphatic carbocycles. The lowest BCUT2D eigenvalue weighted by atomic mass is 9.88. The van der Waals surface area contributed by atoms with Crippen molar-refractivity contribution in [2.24, 2.45) is 5.11 Å². The predicted octanol–water partition coefficient (Wildman–Crippen LogP) is -6.87. The predicted molar refractivity (Wildman–Crippen MR) is 159 cm³/mol. The van der Waals surface area contributed by atoms with Crippen LogP contribution in [-0.2, 0) is 42.7 Å². The molecule has 0 spiro atoms. The minimum Gasteiger partial charge on any atom is -0.477 e. The van der Waals surface area contributed by atoms with Gasteiger partial charge in [0.05, 0.1) is 32.0 Å². The number of aliphatic carboxylic acids is 1. The van der Waals surface area contributed by atoms with Crippen LogP contribution < -0.4 is 5.32 Å². The van der Waals surface area contributed by atoms with Crippen molar-refractivity contribution in [3.63, 3.8) is 0 Å². The molecule has 1 amide bonds. The molecule has 0 unspecified atom stereocenters. The van der Waals surface area contributed by atoms with Crippen LogP contribution in [0.1, 0.15) is 12.8 Å². The second-order valence-corrected chi connectivity index (χ2v) is 12.0. The highest BCUT2D eigenvalue weighted by atomic mass is 16.8. The quantitative estimate of drug-likeness (QED) is 0.0268. The number of methoxy groups -OCH3 is 1. The molecule has 0 aromatic rings. The first-order chi connectivity index (χ1) is 24.2. The number of aliphatic hydroxyl groups excluding tert-OH is 10. The van der Waals surface area contributed by atoms with Crippen LogP contribution in [0.5, 0.6) is 0 Å². The summed E-state index contributed by atoms with van der Waals surface area (Å²) >= 11 is 0. The molecule has 0 bridgehead atoms. The van der Waals surface area contributed by atoms with Gasteiger partial charge in [0.1, 0.15) is 73.8 Å². The molecule has 12 N–H and O–H groups in total. The number of amides is 1. The van der Waals surface area contributed by atoms with Crippen molar-refractivity contribution in [1.82, 2.24) is 5.32 Å². The fourth-order valence-corrected chi connectivity index (χ4v) is 5.79. The van der Waals surface area contributed by atoms with Gasteiger partial charge in [0.15, 0.2) is 12.6 Å². The summed E-state index contributed by atoms with van der Waals surface area (Å²) in [5.74, 6) is -5.92. The summed E-state index contributed by atoms with van der Waals surface area (Å²) in [4.78, 5) is 27.6. The molecule has 0 aromatic carbocycles. The van der Waals surface area contributed by atoms with Crippen LogP contribution >= 0.6 is 0 Å². The highest BCUT2D eigenvalue weighted by Crippen LogP contribution is 2.38. The average Bonchev–Trinajstić information content (AvgIpc) is 3.10. The Labute approximate surface area is 289 Å². The Hall–Kier alpha value is -2.43. The van der Waals surface area contributed by atoms with Gasteiger partial charge in [-0.25, -0.2) is 4.79 Å². The van der Waals surface area contributed by atoms with Crippen LogP contribution in [-0.4, -0.2) is 212 Å². The van der Waals surface area contributed by atoms with Gasteiger partial charge in [-0.2, -0.15) is 0 Å². The van der Waals surface area contributed by atoms with E-state index in [2.05, 4.69) is 15.3 Å². The summed E-state index contributed by atoms with van der Waals surface area (Å²) in [7, 11) is 1.18. The number of nitrogens with zero attached hydrogens (tertiary/aromatic N) is 3. The SMILES string of the molecule is COCC(=O)N[C@H]1[C@H]([C@H](O)[C@H](O)CO)O[C@@](O[C@H]2[C@@H](O)[C@@H](CO)O[C@@H](O[C@H]3[C@H](O)[C@@H](O)[C@H](OCCCN=[N+]=[N-])O[C@@H]3CO)[C@@H]2O)(C(=O)O)C[C@@H]1O. The number of nitrogens with one attached hydrogen (secondary N) is 1. The molecule has 3 aliphatic heterocycles. The summed E-state index contributed by atoms with van der Waals surface area (Å²) in [6.45, 7) is -3.48. The number of carboxylic acid groups (broad SMARTS) is 1. The third kappa shape index (κ3) is 10.2. The molecule has 0 radical (unpaired) electrons. The molecule has 0 aromatic heterocycles. The fourth-order valence-electron chi connectivity index (χ4n) is 5.79. The molecule has 16 atom stereocenters. The van der Waals surface area contributed by atoms with Crippen LogP contribution in [0.3, 0.4) is 0 Å². The monoisotopic (exact) mass is 746 g/mol. The van der Waals surface area contributed by atoms with E-state index in [0.717, 1.165) is 0 Å². The molecule has 294 valence electrons. The summed E-state index contributed by atoms with van der Waals surface area (Å²) in [5, 5.41) is 121. The standard InChI is InChI=1S/C27H46N4O20/c1-45-9-14(37)30-15-10(35)5-27(26(43)44,50-22(15)16(38)11(36)6-32)51-23-17(39)12(7-33)47-25(20(23)42)49-21-13(8-34)48-24(19(41)18(21)40)46-4-2-3-29-31-28/h10-13,15-25,32-36,38-42H,2-9H2,1H3,(H,30,37)(H,43,44)/t10-,11+,12+,13+,15+,16+,17-,18+,19+,20+,21+,22+,23-,24+,25-,27-/m0/s1. The van der Waals surface area contributed by atoms with E-state index in [4.69, 9.17) is 38.7 Å². The van der Waals surface area contributed by atoms with Crippen LogP contribution in [0.25, 0.3) is 10.4 Å². The second-order valence-electron chi connectivity index (χ2n) is 12.0. The van der Waals surface area contributed by atoms with Gasteiger partial charge in [0, 0.05) is 31.6 Å². The number of hydrogen-bond acceptors (Lipinski definition) is 20. The summed E-state index contributed by atoms with van der Waals surface area (Å²) in [6, 6.07) is -1.63. The molecule has 24 heteroatoms. The summed E-state index contributed by atoms with van der Waals surface area (Å²) < 4.78 is 37.9. The van der Waals surface area contributed by atoms with Crippen molar-refractivity contribution in [3.05, 3.63) is 10.4 Å².